The second-order valence-electron chi connectivity index (χ2n) is 5.93. The molecule has 0 saturated carbocycles. The molecule has 1 saturated heterocycles. The van der Waals surface area contributed by atoms with Gasteiger partial charge in [-0.3, -0.25) is 14.5 Å². The van der Waals surface area contributed by atoms with Gasteiger partial charge in [-0.25, -0.2) is 4.79 Å². The van der Waals surface area contributed by atoms with Crippen LogP contribution in [-0.4, -0.2) is 38.9 Å². The zero-order valence-electron chi connectivity index (χ0n) is 15.0. The van der Waals surface area contributed by atoms with Crippen molar-refractivity contribution in [1.29, 1.82) is 0 Å². The highest BCUT2D eigenvalue weighted by Crippen LogP contribution is 2.31. The van der Waals surface area contributed by atoms with Gasteiger partial charge in [0.05, 0.1) is 30.2 Å². The summed E-state index contributed by atoms with van der Waals surface area (Å²) in [6.45, 7) is 2.28. The topological polar surface area (TPSA) is 88.8 Å². The molecule has 0 spiro atoms. The lowest BCUT2D eigenvalue weighted by molar-refractivity contribution is -0.128. The van der Waals surface area contributed by atoms with Crippen molar-refractivity contribution in [3.8, 4) is 0 Å². The normalized spacial score (nSPS) is 16.3. The van der Waals surface area contributed by atoms with Crippen LogP contribution >= 0.6 is 24.0 Å². The van der Waals surface area contributed by atoms with Gasteiger partial charge in [-0.15, -0.1) is 0 Å². The summed E-state index contributed by atoms with van der Waals surface area (Å²) in [5.41, 5.74) is 0.934. The summed E-state index contributed by atoms with van der Waals surface area (Å²) in [6.07, 6.45) is 1.53. The van der Waals surface area contributed by atoms with Gasteiger partial charge in [0, 0.05) is 12.1 Å². The number of carbonyl (C=O) groups is 3. The molecular weight excluding hydrogens is 400 g/mol. The smallest absolute Gasteiger partial charge is 0.338 e. The number of benzene rings is 1. The fraction of sp³-hybridized carbons (Fsp3) is 0.263. The van der Waals surface area contributed by atoms with E-state index in [1.807, 2.05) is 0 Å². The summed E-state index contributed by atoms with van der Waals surface area (Å²) in [5, 5.41) is 2.16. The molecule has 28 heavy (non-hydrogen) atoms. The summed E-state index contributed by atoms with van der Waals surface area (Å²) in [7, 11) is 0. The van der Waals surface area contributed by atoms with Gasteiger partial charge in [0.2, 0.25) is 11.8 Å². The third-order valence-electron chi connectivity index (χ3n) is 3.95. The molecule has 1 aromatic carbocycles. The number of nitrogens with zero attached hydrogens (tertiary/aromatic N) is 1. The summed E-state index contributed by atoms with van der Waals surface area (Å²) in [6, 6.07) is 9.88. The Morgan fingerprint density at radius 2 is 2.04 bits per heavy atom. The fourth-order valence-electron chi connectivity index (χ4n) is 2.61. The van der Waals surface area contributed by atoms with Gasteiger partial charge in [-0.2, -0.15) is 0 Å². The predicted molar refractivity (Wildman–Crippen MR) is 109 cm³/mol. The van der Waals surface area contributed by atoms with E-state index in [-0.39, 0.29) is 24.8 Å². The van der Waals surface area contributed by atoms with Crippen LogP contribution < -0.4 is 5.32 Å². The largest absolute Gasteiger partial charge is 0.467 e. The summed E-state index contributed by atoms with van der Waals surface area (Å²) >= 11 is 6.46. The van der Waals surface area contributed by atoms with E-state index < -0.39 is 11.2 Å². The molecule has 3 rings (SSSR count). The number of furan rings is 1. The third-order valence-corrected chi connectivity index (χ3v) is 5.53. The summed E-state index contributed by atoms with van der Waals surface area (Å²) in [5.74, 6) is -0.307. The molecule has 146 valence electrons. The Labute approximate surface area is 171 Å². The molecule has 1 aliphatic rings. The Hall–Kier alpha value is -2.65. The van der Waals surface area contributed by atoms with Gasteiger partial charge < -0.3 is 14.5 Å². The molecule has 1 unspecified atom stereocenters. The van der Waals surface area contributed by atoms with Gasteiger partial charge in [-0.1, -0.05) is 24.0 Å². The lowest BCUT2D eigenvalue weighted by Crippen LogP contribution is -2.32. The molecule has 1 fully saturated rings. The first-order valence-corrected chi connectivity index (χ1v) is 9.88. The highest BCUT2D eigenvalue weighted by atomic mass is 32.2. The molecule has 0 radical (unpaired) electrons. The van der Waals surface area contributed by atoms with Gasteiger partial charge >= 0.3 is 5.97 Å². The van der Waals surface area contributed by atoms with Crippen LogP contribution in [0.4, 0.5) is 5.69 Å². The number of nitrogens with one attached hydrogen (secondary N) is 1. The van der Waals surface area contributed by atoms with Crippen molar-refractivity contribution in [2.75, 3.05) is 11.9 Å². The van der Waals surface area contributed by atoms with Crippen LogP contribution in [0.2, 0.25) is 0 Å². The molecule has 0 aliphatic carbocycles. The van der Waals surface area contributed by atoms with E-state index in [0.29, 0.717) is 27.9 Å². The molecule has 1 atom stereocenters. The maximum atomic E-state index is 12.6. The van der Waals surface area contributed by atoms with Crippen LogP contribution in [0.1, 0.15) is 29.5 Å². The van der Waals surface area contributed by atoms with Crippen molar-refractivity contribution >= 4 is 51.8 Å². The first-order chi connectivity index (χ1) is 13.5. The minimum Gasteiger partial charge on any atom is -0.467 e. The van der Waals surface area contributed by atoms with Gasteiger partial charge in [0.1, 0.15) is 10.1 Å². The monoisotopic (exact) mass is 418 g/mol. The first-order valence-electron chi connectivity index (χ1n) is 8.59. The van der Waals surface area contributed by atoms with Crippen LogP contribution in [0.15, 0.2) is 47.1 Å². The molecular formula is C19H18N2O5S2. The quantitative estimate of drug-likeness (QED) is 0.545. The third kappa shape index (κ3) is 4.79. The standard InChI is InChI=1S/C19H18N2O5S2/c1-2-25-18(24)12-5-7-13(8-6-12)20-16(22)10-15-17(23)21(19(27)28-15)11-14-4-3-9-26-14/h3-9,15H,2,10-11H2,1H3,(H,20,22). The number of rotatable bonds is 7. The Morgan fingerprint density at radius 1 is 1.29 bits per heavy atom. The molecule has 1 aliphatic heterocycles. The van der Waals surface area contributed by atoms with Gasteiger partial charge in [0.25, 0.3) is 0 Å². The lowest BCUT2D eigenvalue weighted by Gasteiger charge is -2.13. The van der Waals surface area contributed by atoms with Crippen LogP contribution in [0.5, 0.6) is 0 Å². The van der Waals surface area contributed by atoms with Crippen molar-refractivity contribution in [3.63, 3.8) is 0 Å². The molecule has 1 N–H and O–H groups in total. The van der Waals surface area contributed by atoms with E-state index in [2.05, 4.69) is 5.32 Å². The van der Waals surface area contributed by atoms with Crippen molar-refractivity contribution in [2.45, 2.75) is 25.1 Å². The molecule has 7 nitrogen and oxygen atoms in total. The lowest BCUT2D eigenvalue weighted by atomic mass is 10.2. The minimum atomic E-state index is -0.568. The van der Waals surface area contributed by atoms with E-state index in [9.17, 15) is 14.4 Å². The Bertz CT molecular complexity index is 880. The number of hydrogen-bond donors (Lipinski definition) is 1. The number of esters is 1. The number of hydrogen-bond acceptors (Lipinski definition) is 7. The van der Waals surface area contributed by atoms with Crippen molar-refractivity contribution in [3.05, 3.63) is 54.0 Å². The fourth-order valence-corrected chi connectivity index (χ4v) is 4.10. The molecule has 2 amide bonds. The Morgan fingerprint density at radius 3 is 2.68 bits per heavy atom. The average molecular weight is 418 g/mol. The first kappa shape index (κ1) is 20.1. The van der Waals surface area contributed by atoms with E-state index in [1.54, 1.807) is 43.3 Å². The number of thioether (sulfide) groups is 1. The maximum Gasteiger partial charge on any atom is 0.338 e. The zero-order valence-corrected chi connectivity index (χ0v) is 16.7. The Kier molecular flexibility index (Phi) is 6.48. The maximum absolute atomic E-state index is 12.6. The molecule has 9 heteroatoms. The summed E-state index contributed by atoms with van der Waals surface area (Å²) in [4.78, 5) is 38.0. The predicted octanol–water partition coefficient (Wildman–Crippen LogP) is 3.21. The van der Waals surface area contributed by atoms with E-state index in [1.165, 1.54) is 22.9 Å². The minimum absolute atomic E-state index is 0.00206. The van der Waals surface area contributed by atoms with E-state index in [0.717, 1.165) is 0 Å². The summed E-state index contributed by atoms with van der Waals surface area (Å²) < 4.78 is 10.6. The SMILES string of the molecule is CCOC(=O)c1ccc(NC(=O)CC2SC(=S)N(Cc3ccco3)C2=O)cc1. The average Bonchev–Trinajstić information content (AvgIpc) is 3.27. The van der Waals surface area contributed by atoms with Crippen molar-refractivity contribution < 1.29 is 23.5 Å². The van der Waals surface area contributed by atoms with Crippen LogP contribution in [0.25, 0.3) is 0 Å². The number of carbonyl (C=O) groups excluding carboxylic acids is 3. The number of anilines is 1. The van der Waals surface area contributed by atoms with Crippen molar-refractivity contribution in [2.24, 2.45) is 0 Å². The van der Waals surface area contributed by atoms with Crippen LogP contribution in [0, 0.1) is 0 Å². The second-order valence-corrected chi connectivity index (χ2v) is 7.76. The van der Waals surface area contributed by atoms with E-state index in [4.69, 9.17) is 21.4 Å². The number of amides is 2. The van der Waals surface area contributed by atoms with Gasteiger partial charge in [-0.05, 0) is 43.3 Å². The van der Waals surface area contributed by atoms with Crippen LogP contribution in [-0.2, 0) is 20.9 Å². The molecule has 2 aromatic rings. The molecule has 1 aromatic heterocycles. The number of thiocarbonyl (C=S) groups is 1. The Balaban J connectivity index is 1.55. The second kappa shape index (κ2) is 9.03. The zero-order chi connectivity index (χ0) is 20.1. The highest BCUT2D eigenvalue weighted by Gasteiger charge is 2.38. The molecule has 2 heterocycles. The highest BCUT2D eigenvalue weighted by molar-refractivity contribution is 8.24. The van der Waals surface area contributed by atoms with Crippen LogP contribution in [0.3, 0.4) is 0 Å². The van der Waals surface area contributed by atoms with E-state index >= 15 is 0 Å². The van der Waals surface area contributed by atoms with Gasteiger partial charge in [0.15, 0.2) is 0 Å². The van der Waals surface area contributed by atoms with Crippen molar-refractivity contribution in [1.82, 2.24) is 4.90 Å². The number of ether oxygens (including phenoxy) is 1. The molecule has 0 bridgehead atoms.